The van der Waals surface area contributed by atoms with Gasteiger partial charge in [-0.1, -0.05) is 18.2 Å². The van der Waals surface area contributed by atoms with Crippen LogP contribution in [0.4, 0.5) is 4.39 Å². The standard InChI is InChI=1S/C16H13FN2O4S/c17-14-5-7-15(8-6-14)24(21,22)19-10-16(20)23-11-13-4-2-1-3-12(13)9-18/h1-8,19H,10-11H2. The van der Waals surface area contributed by atoms with E-state index in [0.717, 1.165) is 24.3 Å². The molecule has 8 heteroatoms. The predicted octanol–water partition coefficient (Wildman–Crippen LogP) is 1.72. The van der Waals surface area contributed by atoms with Gasteiger partial charge in [0, 0.05) is 5.56 Å². The molecule has 2 rings (SSSR count). The Hall–Kier alpha value is -2.76. The van der Waals surface area contributed by atoms with E-state index in [9.17, 15) is 17.6 Å². The Labute approximate surface area is 138 Å². The van der Waals surface area contributed by atoms with E-state index in [1.54, 1.807) is 24.3 Å². The first-order valence-electron chi connectivity index (χ1n) is 6.81. The van der Waals surface area contributed by atoms with Crippen molar-refractivity contribution in [1.29, 1.82) is 5.26 Å². The molecule has 0 aliphatic rings. The summed E-state index contributed by atoms with van der Waals surface area (Å²) in [4.78, 5) is 11.5. The van der Waals surface area contributed by atoms with Crippen LogP contribution in [0, 0.1) is 17.1 Å². The van der Waals surface area contributed by atoms with Crippen molar-refractivity contribution in [2.75, 3.05) is 6.54 Å². The second-order valence-electron chi connectivity index (χ2n) is 4.71. The van der Waals surface area contributed by atoms with Crippen LogP contribution >= 0.6 is 0 Å². The molecular formula is C16H13FN2O4S. The topological polar surface area (TPSA) is 96.3 Å². The summed E-state index contributed by atoms with van der Waals surface area (Å²) < 4.78 is 43.7. The lowest BCUT2D eigenvalue weighted by atomic mass is 10.1. The fraction of sp³-hybridized carbons (Fsp3) is 0.125. The van der Waals surface area contributed by atoms with Crippen LogP contribution in [-0.2, 0) is 26.2 Å². The lowest BCUT2D eigenvalue weighted by Crippen LogP contribution is -2.30. The van der Waals surface area contributed by atoms with Gasteiger partial charge in [-0.3, -0.25) is 4.79 Å². The average molecular weight is 348 g/mol. The number of nitrogens with one attached hydrogen (secondary N) is 1. The van der Waals surface area contributed by atoms with Crippen LogP contribution in [0.1, 0.15) is 11.1 Å². The zero-order chi connectivity index (χ0) is 17.6. The number of benzene rings is 2. The summed E-state index contributed by atoms with van der Waals surface area (Å²) in [6, 6.07) is 12.8. The molecule has 0 saturated heterocycles. The summed E-state index contributed by atoms with van der Waals surface area (Å²) in [6.45, 7) is -0.713. The number of hydrogen-bond acceptors (Lipinski definition) is 5. The SMILES string of the molecule is N#Cc1ccccc1COC(=O)CNS(=O)(=O)c1ccc(F)cc1. The number of rotatable bonds is 6. The number of carbonyl (C=O) groups excluding carboxylic acids is 1. The Bertz CT molecular complexity index is 874. The molecular weight excluding hydrogens is 335 g/mol. The zero-order valence-electron chi connectivity index (χ0n) is 12.4. The van der Waals surface area contributed by atoms with Crippen molar-refractivity contribution in [1.82, 2.24) is 4.72 Å². The highest BCUT2D eigenvalue weighted by Gasteiger charge is 2.16. The number of halogens is 1. The van der Waals surface area contributed by atoms with Gasteiger partial charge in [-0.2, -0.15) is 9.98 Å². The van der Waals surface area contributed by atoms with E-state index in [1.807, 2.05) is 6.07 Å². The second kappa shape index (κ2) is 7.68. The van der Waals surface area contributed by atoms with Crippen molar-refractivity contribution in [3.05, 3.63) is 65.5 Å². The van der Waals surface area contributed by atoms with Gasteiger partial charge in [-0.05, 0) is 30.3 Å². The summed E-state index contributed by atoms with van der Waals surface area (Å²) in [5, 5.41) is 8.93. The summed E-state index contributed by atoms with van der Waals surface area (Å²) >= 11 is 0. The van der Waals surface area contributed by atoms with Crippen LogP contribution in [0.25, 0.3) is 0 Å². The minimum absolute atomic E-state index is 0.138. The molecule has 0 aliphatic heterocycles. The van der Waals surface area contributed by atoms with Gasteiger partial charge >= 0.3 is 5.97 Å². The number of ether oxygens (including phenoxy) is 1. The zero-order valence-corrected chi connectivity index (χ0v) is 13.2. The maximum atomic E-state index is 12.8. The van der Waals surface area contributed by atoms with E-state index in [4.69, 9.17) is 10.00 Å². The van der Waals surface area contributed by atoms with Crippen LogP contribution in [-0.4, -0.2) is 20.9 Å². The van der Waals surface area contributed by atoms with E-state index in [2.05, 4.69) is 4.72 Å². The van der Waals surface area contributed by atoms with Crippen molar-refractivity contribution in [3.63, 3.8) is 0 Å². The summed E-state index contributed by atoms with van der Waals surface area (Å²) in [6.07, 6.45) is 0. The van der Waals surface area contributed by atoms with Crippen LogP contribution in [0.3, 0.4) is 0 Å². The highest BCUT2D eigenvalue weighted by molar-refractivity contribution is 7.89. The van der Waals surface area contributed by atoms with E-state index in [0.29, 0.717) is 11.1 Å². The Morgan fingerprint density at radius 1 is 1.17 bits per heavy atom. The maximum Gasteiger partial charge on any atom is 0.321 e. The Balaban J connectivity index is 1.91. The predicted molar refractivity (Wildman–Crippen MR) is 82.5 cm³/mol. The summed E-state index contributed by atoms with van der Waals surface area (Å²) in [5.74, 6) is -1.36. The minimum atomic E-state index is -3.94. The molecule has 24 heavy (non-hydrogen) atoms. The maximum absolute atomic E-state index is 12.8. The summed E-state index contributed by atoms with van der Waals surface area (Å²) in [7, 11) is -3.94. The van der Waals surface area contributed by atoms with E-state index >= 15 is 0 Å². The number of sulfonamides is 1. The number of esters is 1. The molecule has 0 aromatic heterocycles. The normalized spacial score (nSPS) is 10.8. The van der Waals surface area contributed by atoms with Crippen LogP contribution in [0.2, 0.25) is 0 Å². The molecule has 0 saturated carbocycles. The Morgan fingerprint density at radius 3 is 2.50 bits per heavy atom. The third-order valence-electron chi connectivity index (χ3n) is 3.06. The van der Waals surface area contributed by atoms with E-state index < -0.39 is 28.4 Å². The Kier molecular flexibility index (Phi) is 5.63. The van der Waals surface area contributed by atoms with Gasteiger partial charge in [0.2, 0.25) is 10.0 Å². The molecule has 6 nitrogen and oxygen atoms in total. The van der Waals surface area contributed by atoms with Gasteiger partial charge in [-0.15, -0.1) is 0 Å². The molecule has 0 aliphatic carbocycles. The van der Waals surface area contributed by atoms with Crippen LogP contribution in [0.15, 0.2) is 53.4 Å². The average Bonchev–Trinajstić information content (AvgIpc) is 2.59. The molecule has 0 spiro atoms. The quantitative estimate of drug-likeness (QED) is 0.802. The molecule has 0 radical (unpaired) electrons. The second-order valence-corrected chi connectivity index (χ2v) is 6.48. The van der Waals surface area contributed by atoms with Gasteiger partial charge in [-0.25, -0.2) is 12.8 Å². The monoisotopic (exact) mass is 348 g/mol. The van der Waals surface area contributed by atoms with Crippen molar-refractivity contribution in [3.8, 4) is 6.07 Å². The molecule has 2 aromatic rings. The molecule has 2 aromatic carbocycles. The Morgan fingerprint density at radius 2 is 1.83 bits per heavy atom. The third kappa shape index (κ3) is 4.62. The molecule has 0 amide bonds. The van der Waals surface area contributed by atoms with Crippen molar-refractivity contribution in [2.45, 2.75) is 11.5 Å². The van der Waals surface area contributed by atoms with Gasteiger partial charge in [0.05, 0.1) is 16.5 Å². The van der Waals surface area contributed by atoms with Crippen LogP contribution < -0.4 is 4.72 Å². The smallest absolute Gasteiger partial charge is 0.321 e. The van der Waals surface area contributed by atoms with Gasteiger partial charge < -0.3 is 4.74 Å². The highest BCUT2D eigenvalue weighted by Crippen LogP contribution is 2.10. The van der Waals surface area contributed by atoms with Crippen molar-refractivity contribution >= 4 is 16.0 Å². The van der Waals surface area contributed by atoms with Gasteiger partial charge in [0.1, 0.15) is 19.0 Å². The molecule has 0 fully saturated rings. The first kappa shape index (κ1) is 17.6. The molecule has 0 atom stereocenters. The van der Waals surface area contributed by atoms with Gasteiger partial charge in [0.25, 0.3) is 0 Å². The number of nitrogens with zero attached hydrogens (tertiary/aromatic N) is 1. The van der Waals surface area contributed by atoms with Crippen molar-refractivity contribution in [2.24, 2.45) is 0 Å². The summed E-state index contributed by atoms with van der Waals surface area (Å²) in [5.41, 5.74) is 0.895. The van der Waals surface area contributed by atoms with E-state index in [-0.39, 0.29) is 11.5 Å². The first-order valence-corrected chi connectivity index (χ1v) is 8.29. The number of nitriles is 1. The minimum Gasteiger partial charge on any atom is -0.460 e. The van der Waals surface area contributed by atoms with Crippen molar-refractivity contribution < 1.29 is 22.3 Å². The number of hydrogen-bond donors (Lipinski definition) is 1. The largest absolute Gasteiger partial charge is 0.460 e. The molecule has 1 N–H and O–H groups in total. The first-order chi connectivity index (χ1) is 11.4. The third-order valence-corrected chi connectivity index (χ3v) is 4.47. The molecule has 124 valence electrons. The van der Waals surface area contributed by atoms with E-state index in [1.165, 1.54) is 0 Å². The lowest BCUT2D eigenvalue weighted by molar-refractivity contribution is -0.143. The molecule has 0 unspecified atom stereocenters. The van der Waals surface area contributed by atoms with Gasteiger partial charge in [0.15, 0.2) is 0 Å². The fourth-order valence-electron chi connectivity index (χ4n) is 1.82. The lowest BCUT2D eigenvalue weighted by Gasteiger charge is -2.08. The van der Waals surface area contributed by atoms with Crippen LogP contribution in [0.5, 0.6) is 0 Å². The number of carbonyl (C=O) groups is 1. The highest BCUT2D eigenvalue weighted by atomic mass is 32.2. The molecule has 0 bridgehead atoms. The molecule has 0 heterocycles. The fourth-order valence-corrected chi connectivity index (χ4v) is 2.78.